The van der Waals surface area contributed by atoms with E-state index >= 15 is 0 Å². The molecule has 86 valence electrons. The van der Waals surface area contributed by atoms with E-state index in [9.17, 15) is 4.79 Å². The minimum atomic E-state index is -0.538. The van der Waals surface area contributed by atoms with Crippen LogP contribution >= 0.6 is 0 Å². The molecule has 1 aromatic rings. The van der Waals surface area contributed by atoms with Gasteiger partial charge in [0, 0.05) is 24.9 Å². The van der Waals surface area contributed by atoms with Crippen molar-refractivity contribution in [1.82, 2.24) is 4.98 Å². The third-order valence-corrected chi connectivity index (χ3v) is 3.27. The molecule has 2 unspecified atom stereocenters. The van der Waals surface area contributed by atoms with Crippen LogP contribution in [-0.2, 0) is 16.0 Å². The standard InChI is InChI=1S/C12H16N2O2/c1-12(8-16-7-10(12)13)11(15)6-9-2-4-14-5-3-9/h2-5,10H,6-8,13H2,1H3. The first-order valence-electron chi connectivity index (χ1n) is 5.38. The average Bonchev–Trinajstić information content (AvgIpc) is 2.62. The Labute approximate surface area is 94.8 Å². The van der Waals surface area contributed by atoms with E-state index in [2.05, 4.69) is 4.98 Å². The van der Waals surface area contributed by atoms with Crippen LogP contribution in [0.5, 0.6) is 0 Å². The first-order valence-corrected chi connectivity index (χ1v) is 5.38. The maximum absolute atomic E-state index is 12.2. The fourth-order valence-electron chi connectivity index (χ4n) is 1.86. The Kier molecular flexibility index (Phi) is 3.03. The maximum atomic E-state index is 12.2. The van der Waals surface area contributed by atoms with Crippen molar-refractivity contribution in [2.75, 3.05) is 13.2 Å². The molecule has 1 fully saturated rings. The molecule has 16 heavy (non-hydrogen) atoms. The molecule has 0 amide bonds. The molecule has 1 aromatic heterocycles. The van der Waals surface area contributed by atoms with Crippen LogP contribution in [0.25, 0.3) is 0 Å². The lowest BCUT2D eigenvalue weighted by atomic mass is 9.79. The molecule has 1 saturated heterocycles. The van der Waals surface area contributed by atoms with E-state index in [1.54, 1.807) is 12.4 Å². The van der Waals surface area contributed by atoms with E-state index in [-0.39, 0.29) is 11.8 Å². The summed E-state index contributed by atoms with van der Waals surface area (Å²) in [5.74, 6) is 0.142. The first-order chi connectivity index (χ1) is 7.63. The predicted molar refractivity (Wildman–Crippen MR) is 59.8 cm³/mol. The average molecular weight is 220 g/mol. The molecule has 4 nitrogen and oxygen atoms in total. The molecule has 2 heterocycles. The lowest BCUT2D eigenvalue weighted by Gasteiger charge is -2.25. The van der Waals surface area contributed by atoms with Gasteiger partial charge in [0.05, 0.1) is 18.6 Å². The summed E-state index contributed by atoms with van der Waals surface area (Å²) in [6.45, 7) is 2.78. The van der Waals surface area contributed by atoms with Gasteiger partial charge in [-0.3, -0.25) is 9.78 Å². The van der Waals surface area contributed by atoms with Crippen LogP contribution in [-0.4, -0.2) is 30.0 Å². The van der Waals surface area contributed by atoms with Crippen LogP contribution in [0.2, 0.25) is 0 Å². The highest BCUT2D eigenvalue weighted by Crippen LogP contribution is 2.29. The molecular weight excluding hydrogens is 204 g/mol. The Hall–Kier alpha value is -1.26. The highest BCUT2D eigenvalue weighted by Gasteiger charge is 2.43. The third-order valence-electron chi connectivity index (χ3n) is 3.27. The molecule has 0 saturated carbocycles. The number of rotatable bonds is 3. The van der Waals surface area contributed by atoms with Gasteiger partial charge in [-0.05, 0) is 24.6 Å². The minimum absolute atomic E-state index is 0.142. The Bertz CT molecular complexity index is 380. The van der Waals surface area contributed by atoms with Crippen LogP contribution in [0.3, 0.4) is 0 Å². The summed E-state index contributed by atoms with van der Waals surface area (Å²) in [5, 5.41) is 0. The minimum Gasteiger partial charge on any atom is -0.379 e. The number of nitrogens with zero attached hydrogens (tertiary/aromatic N) is 1. The van der Waals surface area contributed by atoms with Gasteiger partial charge < -0.3 is 10.5 Å². The SMILES string of the molecule is CC1(C(=O)Cc2ccncc2)COCC1N. The molecule has 1 aliphatic rings. The van der Waals surface area contributed by atoms with E-state index in [1.165, 1.54) is 0 Å². The number of nitrogens with two attached hydrogens (primary N) is 1. The van der Waals surface area contributed by atoms with Crippen molar-refractivity contribution in [2.45, 2.75) is 19.4 Å². The van der Waals surface area contributed by atoms with Gasteiger partial charge in [-0.2, -0.15) is 0 Å². The van der Waals surface area contributed by atoms with E-state index in [4.69, 9.17) is 10.5 Å². The van der Waals surface area contributed by atoms with Crippen molar-refractivity contribution in [1.29, 1.82) is 0 Å². The van der Waals surface area contributed by atoms with Gasteiger partial charge >= 0.3 is 0 Å². The highest BCUT2D eigenvalue weighted by atomic mass is 16.5. The molecule has 2 N–H and O–H groups in total. The first kappa shape index (κ1) is 11.2. The smallest absolute Gasteiger partial charge is 0.147 e. The topological polar surface area (TPSA) is 65.2 Å². The number of hydrogen-bond acceptors (Lipinski definition) is 4. The van der Waals surface area contributed by atoms with Crippen molar-refractivity contribution in [3.63, 3.8) is 0 Å². The van der Waals surface area contributed by atoms with Crippen molar-refractivity contribution in [2.24, 2.45) is 11.1 Å². The largest absolute Gasteiger partial charge is 0.379 e. The molecule has 0 aliphatic carbocycles. The van der Waals surface area contributed by atoms with Gasteiger partial charge in [-0.1, -0.05) is 0 Å². The van der Waals surface area contributed by atoms with E-state index in [0.29, 0.717) is 19.6 Å². The zero-order chi connectivity index (χ0) is 11.6. The number of aromatic nitrogens is 1. The second-order valence-corrected chi connectivity index (χ2v) is 4.49. The monoisotopic (exact) mass is 220 g/mol. The molecule has 1 aliphatic heterocycles. The van der Waals surface area contributed by atoms with Crippen molar-refractivity contribution in [3.8, 4) is 0 Å². The zero-order valence-electron chi connectivity index (χ0n) is 9.35. The van der Waals surface area contributed by atoms with Gasteiger partial charge in [0.25, 0.3) is 0 Å². The van der Waals surface area contributed by atoms with Crippen LogP contribution in [0.4, 0.5) is 0 Å². The summed E-state index contributed by atoms with van der Waals surface area (Å²) < 4.78 is 5.27. The molecular formula is C12H16N2O2. The van der Waals surface area contributed by atoms with Crippen LogP contribution in [0, 0.1) is 5.41 Å². The summed E-state index contributed by atoms with van der Waals surface area (Å²) in [4.78, 5) is 16.1. The summed E-state index contributed by atoms with van der Waals surface area (Å²) >= 11 is 0. The second-order valence-electron chi connectivity index (χ2n) is 4.49. The van der Waals surface area contributed by atoms with Crippen LogP contribution < -0.4 is 5.73 Å². The number of carbonyl (C=O) groups excluding carboxylic acids is 1. The molecule has 0 radical (unpaired) electrons. The normalized spacial score (nSPS) is 29.2. The van der Waals surface area contributed by atoms with Crippen LogP contribution in [0.15, 0.2) is 24.5 Å². The molecule has 0 bridgehead atoms. The Morgan fingerprint density at radius 2 is 2.31 bits per heavy atom. The summed E-state index contributed by atoms with van der Waals surface area (Å²) in [6, 6.07) is 3.51. The summed E-state index contributed by atoms with van der Waals surface area (Å²) in [6.07, 6.45) is 3.78. The third kappa shape index (κ3) is 1.99. The Balaban J connectivity index is 2.09. The Morgan fingerprint density at radius 1 is 1.62 bits per heavy atom. The molecule has 2 rings (SSSR count). The molecule has 0 aromatic carbocycles. The predicted octanol–water partition coefficient (Wildman–Crippen LogP) is 0.557. The van der Waals surface area contributed by atoms with Crippen molar-refractivity contribution < 1.29 is 9.53 Å². The van der Waals surface area contributed by atoms with Gasteiger partial charge in [-0.15, -0.1) is 0 Å². The van der Waals surface area contributed by atoms with E-state index < -0.39 is 5.41 Å². The molecule has 0 spiro atoms. The van der Waals surface area contributed by atoms with E-state index in [1.807, 2.05) is 19.1 Å². The quantitative estimate of drug-likeness (QED) is 0.808. The van der Waals surface area contributed by atoms with Crippen molar-refractivity contribution >= 4 is 5.78 Å². The fourth-order valence-corrected chi connectivity index (χ4v) is 1.86. The lowest BCUT2D eigenvalue weighted by Crippen LogP contribution is -2.45. The number of hydrogen-bond donors (Lipinski definition) is 1. The lowest BCUT2D eigenvalue weighted by molar-refractivity contribution is -0.127. The summed E-state index contributed by atoms with van der Waals surface area (Å²) in [5.41, 5.74) is 6.34. The van der Waals surface area contributed by atoms with Gasteiger partial charge in [0.1, 0.15) is 5.78 Å². The highest BCUT2D eigenvalue weighted by molar-refractivity contribution is 5.87. The van der Waals surface area contributed by atoms with E-state index in [0.717, 1.165) is 5.56 Å². The number of ketones is 1. The number of carbonyl (C=O) groups is 1. The fraction of sp³-hybridized carbons (Fsp3) is 0.500. The summed E-state index contributed by atoms with van der Waals surface area (Å²) in [7, 11) is 0. The van der Waals surface area contributed by atoms with Crippen LogP contribution in [0.1, 0.15) is 12.5 Å². The number of ether oxygens (including phenoxy) is 1. The number of pyridine rings is 1. The van der Waals surface area contributed by atoms with Gasteiger partial charge in [0.15, 0.2) is 0 Å². The number of Topliss-reactive ketones (excluding diaryl/α,β-unsaturated/α-hetero) is 1. The second kappa shape index (κ2) is 4.31. The molecule has 2 atom stereocenters. The van der Waals surface area contributed by atoms with Crippen molar-refractivity contribution in [3.05, 3.63) is 30.1 Å². The maximum Gasteiger partial charge on any atom is 0.147 e. The van der Waals surface area contributed by atoms with Gasteiger partial charge in [0.2, 0.25) is 0 Å². The zero-order valence-corrected chi connectivity index (χ0v) is 9.35. The van der Waals surface area contributed by atoms with Gasteiger partial charge in [-0.25, -0.2) is 0 Å². The Morgan fingerprint density at radius 3 is 2.88 bits per heavy atom. The molecule has 4 heteroatoms.